The van der Waals surface area contributed by atoms with Gasteiger partial charge < -0.3 is 5.11 Å². The van der Waals surface area contributed by atoms with E-state index in [0.29, 0.717) is 5.41 Å². The van der Waals surface area contributed by atoms with Crippen LogP contribution in [0.2, 0.25) is 0 Å². The summed E-state index contributed by atoms with van der Waals surface area (Å²) in [6.45, 7) is 9.75. The van der Waals surface area contributed by atoms with Gasteiger partial charge in [0.2, 0.25) is 0 Å². The van der Waals surface area contributed by atoms with Gasteiger partial charge in [-0.2, -0.15) is 5.10 Å². The number of hydrogen-bond donors (Lipinski definition) is 1. The second-order valence-corrected chi connectivity index (χ2v) is 7.61. The predicted octanol–water partition coefficient (Wildman–Crippen LogP) is 4.09. The lowest BCUT2D eigenvalue weighted by Gasteiger charge is -2.45. The average Bonchev–Trinajstić information content (AvgIpc) is 2.67. The standard InChI is InChI=1S/C15H25BrN2O/c1-5-8-18-13(12(16)10-17-18)15(19)7-6-14(3,4)9-11(15)2/h10-11,19H,5-9H2,1-4H3. The quantitative estimate of drug-likeness (QED) is 0.907. The first-order valence-corrected chi connectivity index (χ1v) is 8.03. The van der Waals surface area contributed by atoms with Crippen LogP contribution in [0.15, 0.2) is 10.7 Å². The van der Waals surface area contributed by atoms with Gasteiger partial charge in [0.25, 0.3) is 0 Å². The minimum atomic E-state index is -0.750. The van der Waals surface area contributed by atoms with E-state index in [1.807, 2.05) is 10.9 Å². The third-order valence-electron chi connectivity index (χ3n) is 4.50. The van der Waals surface area contributed by atoms with Crippen molar-refractivity contribution in [3.8, 4) is 0 Å². The number of halogens is 1. The molecule has 2 unspecified atom stereocenters. The first kappa shape index (κ1) is 15.0. The Balaban J connectivity index is 2.37. The highest BCUT2D eigenvalue weighted by Gasteiger charge is 2.46. The van der Waals surface area contributed by atoms with E-state index in [9.17, 15) is 5.11 Å². The molecule has 1 aromatic rings. The Morgan fingerprint density at radius 2 is 2.16 bits per heavy atom. The highest BCUT2D eigenvalue weighted by Crippen LogP contribution is 2.50. The molecule has 0 amide bonds. The zero-order valence-electron chi connectivity index (χ0n) is 12.4. The smallest absolute Gasteiger partial charge is 0.110 e. The summed E-state index contributed by atoms with van der Waals surface area (Å²) in [6, 6.07) is 0. The molecule has 1 saturated carbocycles. The van der Waals surface area contributed by atoms with E-state index in [-0.39, 0.29) is 5.92 Å². The molecule has 1 N–H and O–H groups in total. The highest BCUT2D eigenvalue weighted by atomic mass is 79.9. The molecule has 0 radical (unpaired) electrons. The topological polar surface area (TPSA) is 38.0 Å². The zero-order valence-corrected chi connectivity index (χ0v) is 14.0. The summed E-state index contributed by atoms with van der Waals surface area (Å²) in [4.78, 5) is 0. The molecule has 3 nitrogen and oxygen atoms in total. The van der Waals surface area contributed by atoms with E-state index < -0.39 is 5.60 Å². The molecule has 2 rings (SSSR count). The lowest BCUT2D eigenvalue weighted by molar-refractivity contribution is -0.0835. The Kier molecular flexibility index (Phi) is 4.12. The summed E-state index contributed by atoms with van der Waals surface area (Å²) in [6.07, 6.45) is 5.76. The predicted molar refractivity (Wildman–Crippen MR) is 80.9 cm³/mol. The third kappa shape index (κ3) is 2.75. The monoisotopic (exact) mass is 328 g/mol. The minimum absolute atomic E-state index is 0.250. The van der Waals surface area contributed by atoms with Crippen LogP contribution in [0.25, 0.3) is 0 Å². The van der Waals surface area contributed by atoms with Crippen LogP contribution in [0.3, 0.4) is 0 Å². The number of nitrogens with zero attached hydrogens (tertiary/aromatic N) is 2. The van der Waals surface area contributed by atoms with Gasteiger partial charge in [0, 0.05) is 6.54 Å². The van der Waals surface area contributed by atoms with Crippen LogP contribution in [0, 0.1) is 11.3 Å². The molecule has 1 aliphatic carbocycles. The molecule has 0 aliphatic heterocycles. The molecular weight excluding hydrogens is 304 g/mol. The van der Waals surface area contributed by atoms with Crippen LogP contribution in [0.4, 0.5) is 0 Å². The molecule has 2 atom stereocenters. The van der Waals surface area contributed by atoms with Crippen molar-refractivity contribution >= 4 is 15.9 Å². The maximum absolute atomic E-state index is 11.2. The summed E-state index contributed by atoms with van der Waals surface area (Å²) < 4.78 is 2.91. The molecule has 1 aromatic heterocycles. The van der Waals surface area contributed by atoms with Crippen LogP contribution in [0.1, 0.15) is 59.1 Å². The van der Waals surface area contributed by atoms with Crippen LogP contribution >= 0.6 is 15.9 Å². The van der Waals surface area contributed by atoms with Crippen LogP contribution in [0.5, 0.6) is 0 Å². The maximum Gasteiger partial charge on any atom is 0.110 e. The molecule has 108 valence electrons. The van der Waals surface area contributed by atoms with E-state index in [2.05, 4.69) is 48.7 Å². The van der Waals surface area contributed by atoms with Crippen molar-refractivity contribution in [1.82, 2.24) is 9.78 Å². The average molecular weight is 329 g/mol. The van der Waals surface area contributed by atoms with Crippen molar-refractivity contribution in [3.63, 3.8) is 0 Å². The number of aliphatic hydroxyl groups is 1. The van der Waals surface area contributed by atoms with E-state index >= 15 is 0 Å². The van der Waals surface area contributed by atoms with E-state index in [1.54, 1.807) is 0 Å². The highest BCUT2D eigenvalue weighted by molar-refractivity contribution is 9.10. The normalized spacial score (nSPS) is 30.5. The fourth-order valence-electron chi connectivity index (χ4n) is 3.40. The summed E-state index contributed by atoms with van der Waals surface area (Å²) in [5.41, 5.74) is 0.547. The zero-order chi connectivity index (χ0) is 14.3. The van der Waals surface area contributed by atoms with Gasteiger partial charge >= 0.3 is 0 Å². The van der Waals surface area contributed by atoms with Gasteiger partial charge in [-0.15, -0.1) is 0 Å². The third-order valence-corrected chi connectivity index (χ3v) is 5.08. The lowest BCUT2D eigenvalue weighted by Crippen LogP contribution is -2.43. The molecule has 1 fully saturated rings. The molecule has 4 heteroatoms. The Morgan fingerprint density at radius 3 is 2.74 bits per heavy atom. The fraction of sp³-hybridized carbons (Fsp3) is 0.800. The first-order valence-electron chi connectivity index (χ1n) is 7.24. The maximum atomic E-state index is 11.2. The number of aryl methyl sites for hydroxylation is 1. The molecule has 0 spiro atoms. The first-order chi connectivity index (χ1) is 8.80. The van der Waals surface area contributed by atoms with E-state index in [0.717, 1.165) is 42.4 Å². The summed E-state index contributed by atoms with van der Waals surface area (Å²) >= 11 is 3.57. The van der Waals surface area contributed by atoms with Crippen molar-refractivity contribution in [2.45, 2.75) is 65.5 Å². The Bertz CT molecular complexity index is 455. The second-order valence-electron chi connectivity index (χ2n) is 6.76. The van der Waals surface area contributed by atoms with Crippen molar-refractivity contribution < 1.29 is 5.11 Å². The summed E-state index contributed by atoms with van der Waals surface area (Å²) in [5, 5.41) is 15.6. The SMILES string of the molecule is CCCn1ncc(Br)c1C1(O)CCC(C)(C)CC1C. The fourth-order valence-corrected chi connectivity index (χ4v) is 4.04. The van der Waals surface area contributed by atoms with Gasteiger partial charge in [0.15, 0.2) is 0 Å². The second kappa shape index (κ2) is 5.21. The van der Waals surface area contributed by atoms with Gasteiger partial charge in [-0.05, 0) is 52.9 Å². The van der Waals surface area contributed by atoms with Crippen molar-refractivity contribution in [3.05, 3.63) is 16.4 Å². The number of aromatic nitrogens is 2. The summed E-state index contributed by atoms with van der Waals surface area (Å²) in [7, 11) is 0. The molecule has 19 heavy (non-hydrogen) atoms. The van der Waals surface area contributed by atoms with Gasteiger partial charge in [-0.1, -0.05) is 27.7 Å². The number of rotatable bonds is 3. The van der Waals surface area contributed by atoms with E-state index in [4.69, 9.17) is 0 Å². The molecule has 0 bridgehead atoms. The molecular formula is C15H25BrN2O. The Labute approximate surface area is 124 Å². The molecule has 0 saturated heterocycles. The van der Waals surface area contributed by atoms with Crippen molar-refractivity contribution in [2.24, 2.45) is 11.3 Å². The minimum Gasteiger partial charge on any atom is -0.383 e. The van der Waals surface area contributed by atoms with Crippen LogP contribution in [-0.2, 0) is 12.1 Å². The van der Waals surface area contributed by atoms with Gasteiger partial charge in [-0.25, -0.2) is 0 Å². The van der Waals surface area contributed by atoms with Crippen molar-refractivity contribution in [1.29, 1.82) is 0 Å². The molecule has 1 heterocycles. The Morgan fingerprint density at radius 1 is 1.47 bits per heavy atom. The van der Waals surface area contributed by atoms with Crippen molar-refractivity contribution in [2.75, 3.05) is 0 Å². The largest absolute Gasteiger partial charge is 0.383 e. The van der Waals surface area contributed by atoms with E-state index in [1.165, 1.54) is 0 Å². The van der Waals surface area contributed by atoms with Gasteiger partial charge in [0.1, 0.15) is 5.60 Å². The molecule has 1 aliphatic rings. The molecule has 0 aromatic carbocycles. The lowest BCUT2D eigenvalue weighted by atomic mass is 9.64. The summed E-state index contributed by atoms with van der Waals surface area (Å²) in [5.74, 6) is 0.250. The van der Waals surface area contributed by atoms with Crippen LogP contribution in [-0.4, -0.2) is 14.9 Å². The van der Waals surface area contributed by atoms with Crippen LogP contribution < -0.4 is 0 Å². The Hall–Kier alpha value is -0.350. The number of hydrogen-bond acceptors (Lipinski definition) is 2. The van der Waals surface area contributed by atoms with Gasteiger partial charge in [0.05, 0.1) is 16.4 Å². The van der Waals surface area contributed by atoms with Gasteiger partial charge in [-0.3, -0.25) is 4.68 Å².